The van der Waals surface area contributed by atoms with Gasteiger partial charge in [0.05, 0.1) is 22.7 Å². The van der Waals surface area contributed by atoms with E-state index < -0.39 is 11.3 Å². The van der Waals surface area contributed by atoms with Gasteiger partial charge in [-0.1, -0.05) is 96.0 Å². The average molecular weight is 706 g/mol. The van der Waals surface area contributed by atoms with Gasteiger partial charge in [-0.05, 0) is 104 Å². The first kappa shape index (κ1) is 31.4. The summed E-state index contributed by atoms with van der Waals surface area (Å²) >= 11 is 12.9. The number of amidine groups is 2. The molecule has 0 N–H and O–H groups in total. The van der Waals surface area contributed by atoms with Crippen molar-refractivity contribution in [2.75, 3.05) is 19.8 Å². The fourth-order valence-electron chi connectivity index (χ4n) is 7.90. The molecule has 0 aromatic heterocycles. The van der Waals surface area contributed by atoms with Gasteiger partial charge in [-0.2, -0.15) is 10.2 Å². The summed E-state index contributed by atoms with van der Waals surface area (Å²) < 4.78 is 0. The molecular weight excluding hydrogens is 671 g/mol. The lowest BCUT2D eigenvalue weighted by Crippen LogP contribution is -2.62. The van der Waals surface area contributed by atoms with Crippen molar-refractivity contribution in [1.82, 2.24) is 0 Å². The fourth-order valence-corrected chi connectivity index (χ4v) is 8.15. The summed E-state index contributed by atoms with van der Waals surface area (Å²) in [7, 11) is 0. The smallest absolute Gasteiger partial charge is 0.170 e. The second-order valence-corrected chi connectivity index (χ2v) is 14.3. The van der Waals surface area contributed by atoms with Crippen molar-refractivity contribution < 1.29 is 0 Å². The third-order valence-electron chi connectivity index (χ3n) is 10.1. The van der Waals surface area contributed by atoms with Gasteiger partial charge in [0.1, 0.15) is 5.66 Å². The third kappa shape index (κ3) is 4.93. The van der Waals surface area contributed by atoms with Crippen molar-refractivity contribution in [2.24, 2.45) is 10.2 Å². The number of halogens is 2. The molecule has 6 aromatic rings. The maximum absolute atomic E-state index is 6.48. The second kappa shape index (κ2) is 12.0. The van der Waals surface area contributed by atoms with Crippen molar-refractivity contribution in [1.29, 1.82) is 0 Å². The van der Waals surface area contributed by atoms with Crippen LogP contribution >= 0.6 is 23.2 Å². The lowest BCUT2D eigenvalue weighted by molar-refractivity contribution is 0.305. The van der Waals surface area contributed by atoms with Crippen LogP contribution in [0.15, 0.2) is 168 Å². The van der Waals surface area contributed by atoms with Gasteiger partial charge in [-0.25, -0.2) is 10.0 Å². The first-order chi connectivity index (χ1) is 24.9. The molecule has 0 radical (unpaired) electrons. The van der Waals surface area contributed by atoms with Gasteiger partial charge in [-0.3, -0.25) is 9.80 Å². The molecule has 2 atom stereocenters. The maximum Gasteiger partial charge on any atom is 0.170 e. The van der Waals surface area contributed by atoms with Gasteiger partial charge in [0, 0.05) is 33.2 Å². The van der Waals surface area contributed by atoms with E-state index in [9.17, 15) is 0 Å². The predicted octanol–water partition coefficient (Wildman–Crippen LogP) is 10.7. The largest absolute Gasteiger partial charge is 0.297 e. The summed E-state index contributed by atoms with van der Waals surface area (Å²) in [4.78, 5) is 4.87. The van der Waals surface area contributed by atoms with Crippen LogP contribution in [0, 0.1) is 6.92 Å². The summed E-state index contributed by atoms with van der Waals surface area (Å²) in [6, 6.07) is 54.3. The molecule has 6 nitrogen and oxygen atoms in total. The van der Waals surface area contributed by atoms with Crippen LogP contribution in [0.5, 0.6) is 0 Å². The Kier molecular flexibility index (Phi) is 7.42. The van der Waals surface area contributed by atoms with Crippen molar-refractivity contribution in [2.45, 2.75) is 31.6 Å². The van der Waals surface area contributed by atoms with E-state index in [0.29, 0.717) is 16.5 Å². The number of hydrogen-bond acceptors (Lipinski definition) is 6. The molecule has 3 aliphatic heterocycles. The van der Waals surface area contributed by atoms with Gasteiger partial charge < -0.3 is 0 Å². The minimum Gasteiger partial charge on any atom is -0.297 e. The zero-order valence-electron chi connectivity index (χ0n) is 28.2. The summed E-state index contributed by atoms with van der Waals surface area (Å²) in [5, 5.41) is 16.9. The standard InChI is InChI=1S/C43H34Cl2N6/c1-30-18-27-38-39(28-30)49-41(32-21-25-35(45)26-22-32)47-51(37-16-10-5-11-17-37)43(49,33-12-6-3-7-13-33)29-42(2)48(38)40(31-19-23-34(44)24-20-31)46-50(42)36-14-8-4-9-15-36/h3-28H,29H2,1-2H3/t42-,43-/m1/s1. The van der Waals surface area contributed by atoms with Crippen LogP contribution in [0.25, 0.3) is 0 Å². The van der Waals surface area contributed by atoms with Gasteiger partial charge in [0.15, 0.2) is 17.3 Å². The van der Waals surface area contributed by atoms with Crippen LogP contribution in [0.4, 0.5) is 22.7 Å². The van der Waals surface area contributed by atoms with E-state index in [2.05, 4.69) is 155 Å². The highest BCUT2D eigenvalue weighted by Crippen LogP contribution is 2.58. The number of fused-ring (bicyclic) bond motifs is 5. The Morgan fingerprint density at radius 1 is 0.529 bits per heavy atom. The van der Waals surface area contributed by atoms with E-state index in [1.54, 1.807) is 0 Å². The molecule has 0 bridgehead atoms. The minimum absolute atomic E-state index is 0.558. The Morgan fingerprint density at radius 3 is 1.59 bits per heavy atom. The quantitative estimate of drug-likeness (QED) is 0.179. The van der Waals surface area contributed by atoms with Crippen LogP contribution < -0.4 is 19.8 Å². The number of benzene rings is 6. The summed E-state index contributed by atoms with van der Waals surface area (Å²) in [6.07, 6.45) is 0.558. The third-order valence-corrected chi connectivity index (χ3v) is 10.6. The molecule has 0 aliphatic carbocycles. The number of aryl methyl sites for hydroxylation is 1. The molecule has 3 aliphatic rings. The lowest BCUT2D eigenvalue weighted by Gasteiger charge is -2.49. The molecule has 3 heterocycles. The lowest BCUT2D eigenvalue weighted by atomic mass is 9.85. The van der Waals surface area contributed by atoms with E-state index in [4.69, 9.17) is 33.4 Å². The Hall–Kier alpha value is -5.56. The van der Waals surface area contributed by atoms with Gasteiger partial charge in [0.25, 0.3) is 0 Å². The first-order valence-electron chi connectivity index (χ1n) is 17.0. The zero-order chi connectivity index (χ0) is 34.7. The van der Waals surface area contributed by atoms with Gasteiger partial charge >= 0.3 is 0 Å². The van der Waals surface area contributed by atoms with Crippen LogP contribution in [0.2, 0.25) is 10.0 Å². The molecule has 0 unspecified atom stereocenters. The Labute approximate surface area is 308 Å². The van der Waals surface area contributed by atoms with Crippen molar-refractivity contribution in [3.63, 3.8) is 0 Å². The van der Waals surface area contributed by atoms with Crippen LogP contribution in [0.3, 0.4) is 0 Å². The van der Waals surface area contributed by atoms with Crippen molar-refractivity contribution >= 4 is 57.6 Å². The summed E-state index contributed by atoms with van der Waals surface area (Å²) in [5.41, 5.74) is 6.57. The van der Waals surface area contributed by atoms with Crippen LogP contribution in [0.1, 0.15) is 35.6 Å². The van der Waals surface area contributed by atoms with Crippen LogP contribution in [-0.4, -0.2) is 17.3 Å². The fraction of sp³-hybridized carbons (Fsp3) is 0.116. The highest BCUT2D eigenvalue weighted by Gasteiger charge is 2.63. The normalized spacial score (nSPS) is 20.7. The second-order valence-electron chi connectivity index (χ2n) is 13.4. The Morgan fingerprint density at radius 2 is 1.02 bits per heavy atom. The van der Waals surface area contributed by atoms with E-state index >= 15 is 0 Å². The van der Waals surface area contributed by atoms with E-state index in [-0.39, 0.29) is 0 Å². The molecule has 0 saturated heterocycles. The average Bonchev–Trinajstić information content (AvgIpc) is 3.62. The molecule has 250 valence electrons. The SMILES string of the molecule is Cc1ccc2c(c1)N1C(c3ccc(Cl)cc3)=NN(c3ccccc3)[C@@]1(c1ccccc1)C[C@@]1(C)N(c3ccccc3)N=C(c3ccc(Cl)cc3)N21. The molecule has 8 heteroatoms. The van der Waals surface area contributed by atoms with Gasteiger partial charge in [-0.15, -0.1) is 0 Å². The molecule has 0 saturated carbocycles. The van der Waals surface area contributed by atoms with Crippen molar-refractivity contribution in [3.05, 3.63) is 190 Å². The summed E-state index contributed by atoms with van der Waals surface area (Å²) in [6.45, 7) is 4.45. The number of anilines is 4. The van der Waals surface area contributed by atoms with Crippen LogP contribution in [-0.2, 0) is 5.66 Å². The number of hydrogen-bond donors (Lipinski definition) is 0. The predicted molar refractivity (Wildman–Crippen MR) is 211 cm³/mol. The number of para-hydroxylation sites is 2. The Bertz CT molecular complexity index is 2300. The zero-order valence-corrected chi connectivity index (χ0v) is 29.7. The highest BCUT2D eigenvalue weighted by molar-refractivity contribution is 6.31. The van der Waals surface area contributed by atoms with Crippen molar-refractivity contribution in [3.8, 4) is 0 Å². The Balaban J connectivity index is 1.40. The van der Waals surface area contributed by atoms with E-state index in [0.717, 1.165) is 56.7 Å². The minimum atomic E-state index is -0.860. The first-order valence-corrected chi connectivity index (χ1v) is 17.8. The molecule has 51 heavy (non-hydrogen) atoms. The molecular formula is C43H34Cl2N6. The molecule has 9 rings (SSSR count). The molecule has 0 amide bonds. The van der Waals surface area contributed by atoms with E-state index in [1.807, 2.05) is 36.4 Å². The summed E-state index contributed by atoms with van der Waals surface area (Å²) in [5.74, 6) is 1.66. The highest BCUT2D eigenvalue weighted by atomic mass is 35.5. The molecule has 6 aromatic carbocycles. The molecule has 0 fully saturated rings. The number of nitrogens with zero attached hydrogens (tertiary/aromatic N) is 6. The topological polar surface area (TPSA) is 37.7 Å². The number of rotatable bonds is 5. The maximum atomic E-state index is 6.48. The number of hydrazone groups is 2. The molecule has 0 spiro atoms. The monoisotopic (exact) mass is 704 g/mol. The van der Waals surface area contributed by atoms with E-state index in [1.165, 1.54) is 0 Å². The van der Waals surface area contributed by atoms with Gasteiger partial charge in [0.2, 0.25) is 0 Å².